The number of hydrogen-bond acceptors (Lipinski definition) is 5. The van der Waals surface area contributed by atoms with Crippen LogP contribution in [0.1, 0.15) is 46.5 Å². The third-order valence-electron chi connectivity index (χ3n) is 4.95. The van der Waals surface area contributed by atoms with Gasteiger partial charge in [0.15, 0.2) is 0 Å². The van der Waals surface area contributed by atoms with Crippen LogP contribution in [-0.2, 0) is 14.3 Å². The summed E-state index contributed by atoms with van der Waals surface area (Å²) in [5, 5.41) is 0. The fourth-order valence-corrected chi connectivity index (χ4v) is 3.51. The molecular weight excluding hydrogens is 346 g/mol. The molecular formula is C18H30F2N2O4. The molecule has 150 valence electrons. The van der Waals surface area contributed by atoms with Gasteiger partial charge in [0.2, 0.25) is 5.92 Å². The van der Waals surface area contributed by atoms with Crippen LogP contribution >= 0.6 is 0 Å². The van der Waals surface area contributed by atoms with Crippen molar-refractivity contribution in [2.24, 2.45) is 5.92 Å². The number of hydrogen-bond donors (Lipinski definition) is 0. The van der Waals surface area contributed by atoms with Gasteiger partial charge in [0.05, 0.1) is 13.7 Å². The average Bonchev–Trinajstić information content (AvgIpc) is 2.54. The third kappa shape index (κ3) is 5.79. The van der Waals surface area contributed by atoms with Gasteiger partial charge in [-0.05, 0) is 39.5 Å². The summed E-state index contributed by atoms with van der Waals surface area (Å²) in [7, 11) is 1.31. The van der Waals surface area contributed by atoms with E-state index in [1.54, 1.807) is 20.8 Å². The fourth-order valence-electron chi connectivity index (χ4n) is 3.51. The lowest BCUT2D eigenvalue weighted by Crippen LogP contribution is -2.59. The number of piperazine rings is 1. The predicted molar refractivity (Wildman–Crippen MR) is 92.1 cm³/mol. The van der Waals surface area contributed by atoms with Crippen molar-refractivity contribution in [3.8, 4) is 0 Å². The number of methoxy groups -OCH3 is 1. The van der Waals surface area contributed by atoms with Gasteiger partial charge in [-0.2, -0.15) is 0 Å². The summed E-state index contributed by atoms with van der Waals surface area (Å²) >= 11 is 0. The molecule has 1 saturated heterocycles. The standard InChI is InChI=1S/C18H30F2N2O4/c1-17(2,3)26-16(24)22-10-9-21(14(12-22)15(23)25-4)11-13-5-7-18(19,20)8-6-13/h13-14H,5-12H2,1-4H3/t14-/m0/s1. The minimum atomic E-state index is -2.56. The zero-order valence-electron chi connectivity index (χ0n) is 16.1. The maximum atomic E-state index is 13.3. The van der Waals surface area contributed by atoms with Crippen LogP contribution in [0.15, 0.2) is 0 Å². The first-order valence-electron chi connectivity index (χ1n) is 9.18. The minimum absolute atomic E-state index is 0.0988. The highest BCUT2D eigenvalue weighted by Crippen LogP contribution is 2.36. The SMILES string of the molecule is COC(=O)[C@@H]1CN(C(=O)OC(C)(C)C)CCN1CC1CCC(F)(F)CC1. The average molecular weight is 376 g/mol. The van der Waals surface area contributed by atoms with Gasteiger partial charge in [0.25, 0.3) is 0 Å². The fraction of sp³-hybridized carbons (Fsp3) is 0.889. The van der Waals surface area contributed by atoms with E-state index in [4.69, 9.17) is 9.47 Å². The van der Waals surface area contributed by atoms with Crippen molar-refractivity contribution in [3.05, 3.63) is 0 Å². The summed E-state index contributed by atoms with van der Waals surface area (Å²) in [4.78, 5) is 28.0. The van der Waals surface area contributed by atoms with Crippen molar-refractivity contribution in [1.82, 2.24) is 9.80 Å². The highest BCUT2D eigenvalue weighted by atomic mass is 19.3. The van der Waals surface area contributed by atoms with Gasteiger partial charge in [0, 0.05) is 32.5 Å². The zero-order chi connectivity index (χ0) is 19.5. The molecule has 1 aliphatic carbocycles. The van der Waals surface area contributed by atoms with E-state index in [9.17, 15) is 18.4 Å². The normalized spacial score (nSPS) is 25.0. The number of carbonyl (C=O) groups is 2. The number of alkyl halides is 2. The second-order valence-corrected chi connectivity index (χ2v) is 8.26. The van der Waals surface area contributed by atoms with Crippen LogP contribution in [0.2, 0.25) is 0 Å². The van der Waals surface area contributed by atoms with Crippen molar-refractivity contribution < 1.29 is 27.8 Å². The Bertz CT molecular complexity index is 512. The maximum absolute atomic E-state index is 13.3. The number of esters is 1. The smallest absolute Gasteiger partial charge is 0.410 e. The number of nitrogens with zero attached hydrogens (tertiary/aromatic N) is 2. The van der Waals surface area contributed by atoms with Crippen LogP contribution < -0.4 is 0 Å². The molecule has 1 aliphatic heterocycles. The molecule has 0 aromatic heterocycles. The molecule has 2 rings (SSSR count). The van der Waals surface area contributed by atoms with E-state index in [0.717, 1.165) is 0 Å². The Labute approximate surface area is 153 Å². The van der Waals surface area contributed by atoms with Gasteiger partial charge in [-0.25, -0.2) is 13.6 Å². The van der Waals surface area contributed by atoms with Gasteiger partial charge < -0.3 is 14.4 Å². The molecule has 1 amide bonds. The van der Waals surface area contributed by atoms with Gasteiger partial charge in [-0.3, -0.25) is 9.69 Å². The molecule has 2 aliphatic rings. The Hall–Kier alpha value is -1.44. The second-order valence-electron chi connectivity index (χ2n) is 8.26. The van der Waals surface area contributed by atoms with Crippen LogP contribution in [0.4, 0.5) is 13.6 Å². The van der Waals surface area contributed by atoms with Gasteiger partial charge in [-0.15, -0.1) is 0 Å². The van der Waals surface area contributed by atoms with Crippen LogP contribution in [0.25, 0.3) is 0 Å². The van der Waals surface area contributed by atoms with Crippen molar-refractivity contribution in [2.45, 2.75) is 64.0 Å². The minimum Gasteiger partial charge on any atom is -0.468 e. The van der Waals surface area contributed by atoms with E-state index in [1.807, 2.05) is 4.90 Å². The van der Waals surface area contributed by atoms with E-state index in [2.05, 4.69) is 0 Å². The van der Waals surface area contributed by atoms with Crippen LogP contribution in [-0.4, -0.2) is 72.7 Å². The quantitative estimate of drug-likeness (QED) is 0.709. The molecule has 8 heteroatoms. The lowest BCUT2D eigenvalue weighted by atomic mass is 9.86. The molecule has 0 unspecified atom stereocenters. The summed E-state index contributed by atoms with van der Waals surface area (Å²) in [6, 6.07) is -0.594. The van der Waals surface area contributed by atoms with Crippen molar-refractivity contribution in [1.29, 1.82) is 0 Å². The lowest BCUT2D eigenvalue weighted by molar-refractivity contribution is -0.150. The molecule has 1 heterocycles. The number of ether oxygens (including phenoxy) is 2. The molecule has 0 N–H and O–H groups in total. The molecule has 0 aromatic carbocycles. The highest BCUT2D eigenvalue weighted by molar-refractivity contribution is 5.77. The molecule has 1 saturated carbocycles. The van der Waals surface area contributed by atoms with E-state index in [-0.39, 0.29) is 25.3 Å². The Morgan fingerprint density at radius 2 is 1.77 bits per heavy atom. The lowest BCUT2D eigenvalue weighted by Gasteiger charge is -2.42. The first-order chi connectivity index (χ1) is 12.0. The number of rotatable bonds is 3. The Kier molecular flexibility index (Phi) is 6.47. The number of halogens is 2. The van der Waals surface area contributed by atoms with Gasteiger partial charge in [0.1, 0.15) is 11.6 Å². The Morgan fingerprint density at radius 3 is 2.31 bits per heavy atom. The monoisotopic (exact) mass is 376 g/mol. The Balaban J connectivity index is 1.98. The molecule has 2 fully saturated rings. The van der Waals surface area contributed by atoms with Gasteiger partial charge >= 0.3 is 12.1 Å². The zero-order valence-corrected chi connectivity index (χ0v) is 16.1. The van der Waals surface area contributed by atoms with E-state index >= 15 is 0 Å². The van der Waals surface area contributed by atoms with Crippen molar-refractivity contribution in [3.63, 3.8) is 0 Å². The van der Waals surface area contributed by atoms with Crippen LogP contribution in [0, 0.1) is 5.92 Å². The first-order valence-corrected chi connectivity index (χ1v) is 9.18. The molecule has 0 bridgehead atoms. The second kappa shape index (κ2) is 8.06. The highest BCUT2D eigenvalue weighted by Gasteiger charge is 2.40. The van der Waals surface area contributed by atoms with Crippen LogP contribution in [0.3, 0.4) is 0 Å². The summed E-state index contributed by atoms with van der Waals surface area (Å²) in [5.74, 6) is -2.84. The molecule has 26 heavy (non-hydrogen) atoms. The largest absolute Gasteiger partial charge is 0.468 e. The number of carbonyl (C=O) groups excluding carboxylic acids is 2. The van der Waals surface area contributed by atoms with E-state index in [0.29, 0.717) is 32.5 Å². The first kappa shape index (κ1) is 20.9. The van der Waals surface area contributed by atoms with Gasteiger partial charge in [-0.1, -0.05) is 0 Å². The third-order valence-corrected chi connectivity index (χ3v) is 4.95. The molecule has 6 nitrogen and oxygen atoms in total. The summed E-state index contributed by atoms with van der Waals surface area (Å²) in [6.45, 7) is 7.05. The number of amides is 1. The summed E-state index contributed by atoms with van der Waals surface area (Å²) in [6.07, 6.45) is 0.250. The van der Waals surface area contributed by atoms with E-state index < -0.39 is 29.6 Å². The summed E-state index contributed by atoms with van der Waals surface area (Å²) in [5.41, 5.74) is -0.609. The maximum Gasteiger partial charge on any atom is 0.410 e. The molecule has 0 spiro atoms. The predicted octanol–water partition coefficient (Wildman–Crippen LogP) is 2.91. The molecule has 0 aromatic rings. The summed E-state index contributed by atoms with van der Waals surface area (Å²) < 4.78 is 37.0. The van der Waals surface area contributed by atoms with Crippen molar-refractivity contribution >= 4 is 12.1 Å². The van der Waals surface area contributed by atoms with E-state index in [1.165, 1.54) is 12.0 Å². The molecule has 1 atom stereocenters. The molecule has 0 radical (unpaired) electrons. The van der Waals surface area contributed by atoms with Crippen LogP contribution in [0.5, 0.6) is 0 Å². The Morgan fingerprint density at radius 1 is 1.15 bits per heavy atom. The topological polar surface area (TPSA) is 59.1 Å². The van der Waals surface area contributed by atoms with Crippen molar-refractivity contribution in [2.75, 3.05) is 33.3 Å².